The molecular weight excluding hydrogens is 378 g/mol. The smallest absolute Gasteiger partial charge is 0.0587 e. The maximum Gasteiger partial charge on any atom is 0.0587 e. The lowest BCUT2D eigenvalue weighted by Gasteiger charge is -2.22. The lowest BCUT2D eigenvalue weighted by molar-refractivity contribution is 0.707. The molecule has 0 aromatic heterocycles. The van der Waals surface area contributed by atoms with Crippen LogP contribution in [-0.4, -0.2) is 28.9 Å². The Morgan fingerprint density at radius 3 is 1.76 bits per heavy atom. The fourth-order valence-electron chi connectivity index (χ4n) is 1.90. The van der Waals surface area contributed by atoms with Gasteiger partial charge in [-0.25, -0.2) is 0 Å². The van der Waals surface area contributed by atoms with Crippen molar-refractivity contribution in [1.29, 1.82) is 0 Å². The zero-order valence-corrected chi connectivity index (χ0v) is 18.3. The quantitative estimate of drug-likeness (QED) is 0.154. The molecule has 0 heterocycles. The first-order chi connectivity index (χ1) is 10.1. The fourth-order valence-corrected chi connectivity index (χ4v) is 13.9. The molecule has 21 heavy (non-hydrogen) atoms. The van der Waals surface area contributed by atoms with E-state index in [0.717, 1.165) is 6.16 Å². The summed E-state index contributed by atoms with van der Waals surface area (Å²) in [4.78, 5) is 0. The highest BCUT2D eigenvalue weighted by molar-refractivity contribution is 9.00. The van der Waals surface area contributed by atoms with Crippen molar-refractivity contribution in [2.45, 2.75) is 70.6 Å². The molecule has 0 aliphatic heterocycles. The van der Waals surface area contributed by atoms with E-state index in [1.165, 1.54) is 62.9 Å². The molecule has 1 unspecified atom stereocenters. The molecule has 0 aliphatic carbocycles. The van der Waals surface area contributed by atoms with Gasteiger partial charge in [-0.2, -0.15) is 0 Å². The molecule has 0 nitrogen and oxygen atoms in total. The average Bonchev–Trinajstić information content (AvgIpc) is 2.46. The Morgan fingerprint density at radius 2 is 1.38 bits per heavy atom. The zero-order valence-electron chi connectivity index (χ0n) is 13.5. The van der Waals surface area contributed by atoms with Crippen LogP contribution in [0, 0.1) is 0 Å². The van der Waals surface area contributed by atoms with E-state index in [1.807, 2.05) is 22.8 Å². The van der Waals surface area contributed by atoms with Crippen molar-refractivity contribution in [3.05, 3.63) is 0 Å². The number of halogens is 2. The third kappa shape index (κ3) is 14.0. The van der Waals surface area contributed by atoms with Gasteiger partial charge in [0.05, 0.1) is 9.82 Å². The van der Waals surface area contributed by atoms with Gasteiger partial charge in [-0.1, -0.05) is 64.2 Å². The van der Waals surface area contributed by atoms with Crippen LogP contribution >= 0.6 is 50.4 Å². The Bertz CT molecular complexity index is 260. The number of hydrogen-bond acceptors (Lipinski definition) is 3. The van der Waals surface area contributed by atoms with Gasteiger partial charge in [-0.05, 0) is 24.3 Å². The first kappa shape index (κ1) is 22.9. The molecule has 1 atom stereocenters. The number of unbranched alkanes of at least 4 members (excludes halogenated alkanes) is 6. The van der Waals surface area contributed by atoms with Crippen molar-refractivity contribution in [3.63, 3.8) is 0 Å². The summed E-state index contributed by atoms with van der Waals surface area (Å²) in [5.74, 6) is 2.92. The van der Waals surface area contributed by atoms with E-state index in [4.69, 9.17) is 35.0 Å². The van der Waals surface area contributed by atoms with Gasteiger partial charge in [0.2, 0.25) is 0 Å². The van der Waals surface area contributed by atoms with Crippen molar-refractivity contribution >= 4 is 62.2 Å². The van der Waals surface area contributed by atoms with Crippen LogP contribution in [0.3, 0.4) is 0 Å². The summed E-state index contributed by atoms with van der Waals surface area (Å²) in [5, 5.41) is 0.0452. The lowest BCUT2D eigenvalue weighted by atomic mass is 10.2. The van der Waals surface area contributed by atoms with E-state index in [-0.39, 0.29) is 5.38 Å². The Labute approximate surface area is 155 Å². The summed E-state index contributed by atoms with van der Waals surface area (Å²) in [6.45, 7) is 4.50. The number of rotatable bonds is 15. The van der Waals surface area contributed by atoms with Gasteiger partial charge in [0, 0.05) is 12.0 Å². The number of alkyl halides is 2. The summed E-state index contributed by atoms with van der Waals surface area (Å²) in [7, 11) is 0. The molecule has 0 bridgehead atoms. The molecule has 0 amide bonds. The predicted octanol–water partition coefficient (Wildman–Crippen LogP) is 7.77. The van der Waals surface area contributed by atoms with Crippen LogP contribution in [0.2, 0.25) is 0 Å². The van der Waals surface area contributed by atoms with Gasteiger partial charge in [0.15, 0.2) is 0 Å². The van der Waals surface area contributed by atoms with Crippen molar-refractivity contribution < 1.29 is 0 Å². The van der Waals surface area contributed by atoms with Gasteiger partial charge in [0.25, 0.3) is 0 Å². The molecule has 128 valence electrons. The molecule has 0 saturated carbocycles. The molecule has 0 aromatic carbocycles. The fraction of sp³-hybridized carbons (Fsp3) is 1.00. The molecule has 0 aromatic rings. The highest BCUT2D eigenvalue weighted by Crippen LogP contribution is 2.70. The molecule has 0 radical (unpaired) electrons. The van der Waals surface area contributed by atoms with Crippen LogP contribution in [0.25, 0.3) is 0 Å². The average molecular weight is 409 g/mol. The SMILES string of the molecule is CCCCCCSP(=S)(CC(Cl)CCl)SCCCCCC. The molecule has 0 saturated heterocycles. The molecule has 6 heteroatoms. The van der Waals surface area contributed by atoms with E-state index in [0.29, 0.717) is 5.88 Å². The van der Waals surface area contributed by atoms with Crippen LogP contribution in [0.15, 0.2) is 0 Å². The first-order valence-electron chi connectivity index (χ1n) is 8.16. The standard InChI is InChI=1S/C15H31Cl2PS3/c1-3-5-7-9-11-20-18(19,14-15(17)13-16)21-12-10-8-6-4-2/h15H,3-14H2,1-2H3. The molecule has 0 spiro atoms. The van der Waals surface area contributed by atoms with Crippen LogP contribution in [0.4, 0.5) is 0 Å². The van der Waals surface area contributed by atoms with E-state index < -0.39 is 4.44 Å². The second-order valence-electron chi connectivity index (χ2n) is 5.33. The predicted molar refractivity (Wildman–Crippen MR) is 113 cm³/mol. The van der Waals surface area contributed by atoms with Gasteiger partial charge < -0.3 is 0 Å². The molecule has 0 fully saturated rings. The third-order valence-corrected chi connectivity index (χ3v) is 15.4. The van der Waals surface area contributed by atoms with Crippen molar-refractivity contribution in [2.75, 3.05) is 23.5 Å². The minimum Gasteiger partial charge on any atom is -0.125 e. The van der Waals surface area contributed by atoms with Crippen LogP contribution in [-0.2, 0) is 11.8 Å². The van der Waals surface area contributed by atoms with Crippen molar-refractivity contribution in [3.8, 4) is 0 Å². The monoisotopic (exact) mass is 408 g/mol. The van der Waals surface area contributed by atoms with E-state index in [2.05, 4.69) is 13.8 Å². The van der Waals surface area contributed by atoms with Gasteiger partial charge >= 0.3 is 0 Å². The van der Waals surface area contributed by atoms with Crippen LogP contribution in [0.5, 0.6) is 0 Å². The van der Waals surface area contributed by atoms with Gasteiger partial charge in [0.1, 0.15) is 0 Å². The maximum absolute atomic E-state index is 6.28. The summed E-state index contributed by atoms with van der Waals surface area (Å²) >= 11 is 22.2. The van der Waals surface area contributed by atoms with Crippen LogP contribution < -0.4 is 0 Å². The Kier molecular flexibility index (Phi) is 16.9. The Balaban J connectivity index is 4.11. The van der Waals surface area contributed by atoms with Crippen LogP contribution in [0.1, 0.15) is 65.2 Å². The van der Waals surface area contributed by atoms with E-state index >= 15 is 0 Å². The highest BCUT2D eigenvalue weighted by Gasteiger charge is 2.22. The molecule has 0 aliphatic rings. The Hall–Kier alpha value is 1.93. The normalized spacial score (nSPS) is 13.5. The Morgan fingerprint density at radius 1 is 0.905 bits per heavy atom. The van der Waals surface area contributed by atoms with Crippen molar-refractivity contribution in [1.82, 2.24) is 0 Å². The van der Waals surface area contributed by atoms with Crippen molar-refractivity contribution in [2.24, 2.45) is 0 Å². The first-order valence-corrected chi connectivity index (χ1v) is 15.3. The third-order valence-electron chi connectivity index (χ3n) is 3.16. The lowest BCUT2D eigenvalue weighted by Crippen LogP contribution is -2.05. The zero-order chi connectivity index (χ0) is 16.0. The summed E-state index contributed by atoms with van der Waals surface area (Å²) in [6.07, 6.45) is 11.5. The van der Waals surface area contributed by atoms with Gasteiger partial charge in [-0.15, -0.1) is 46.0 Å². The summed E-state index contributed by atoms with van der Waals surface area (Å²) < 4.78 is -1.44. The molecular formula is C15H31Cl2PS3. The van der Waals surface area contributed by atoms with E-state index in [9.17, 15) is 0 Å². The molecule has 0 rings (SSSR count). The number of hydrogen-bond donors (Lipinski definition) is 0. The summed E-state index contributed by atoms with van der Waals surface area (Å²) in [5.41, 5.74) is 0. The highest BCUT2D eigenvalue weighted by atomic mass is 35.5. The topological polar surface area (TPSA) is 0 Å². The largest absolute Gasteiger partial charge is 0.125 e. The second kappa shape index (κ2) is 15.5. The molecule has 0 N–H and O–H groups in total. The summed E-state index contributed by atoms with van der Waals surface area (Å²) in [6, 6.07) is 0. The van der Waals surface area contributed by atoms with Gasteiger partial charge in [-0.3, -0.25) is 0 Å². The minimum absolute atomic E-state index is 0.0452. The van der Waals surface area contributed by atoms with E-state index in [1.54, 1.807) is 0 Å². The maximum atomic E-state index is 6.28. The second-order valence-corrected chi connectivity index (χ2v) is 18.4. The minimum atomic E-state index is -1.44.